The average molecular weight is 304 g/mol. The van der Waals surface area contributed by atoms with Crippen LogP contribution in [0.2, 0.25) is 10.0 Å². The van der Waals surface area contributed by atoms with Gasteiger partial charge in [0.05, 0.1) is 5.69 Å². The Labute approximate surface area is 117 Å². The minimum Gasteiger partial charge on any atom is -0.478 e. The third kappa shape index (κ3) is 2.13. The van der Waals surface area contributed by atoms with Crippen molar-refractivity contribution in [3.05, 3.63) is 28.2 Å². The third-order valence-corrected chi connectivity index (χ3v) is 3.04. The van der Waals surface area contributed by atoms with Crippen LogP contribution in [0, 0.1) is 0 Å². The summed E-state index contributed by atoms with van der Waals surface area (Å²) in [5.41, 5.74) is -2.19. The van der Waals surface area contributed by atoms with Crippen LogP contribution in [0.25, 0.3) is 0 Å². The van der Waals surface area contributed by atoms with Crippen LogP contribution in [-0.2, 0) is 14.3 Å². The van der Waals surface area contributed by atoms with Crippen molar-refractivity contribution in [2.24, 2.45) is 0 Å². The Kier molecular flexibility index (Phi) is 3.15. The van der Waals surface area contributed by atoms with Crippen LogP contribution in [-0.4, -0.2) is 28.7 Å². The highest BCUT2D eigenvalue weighted by Gasteiger charge is 2.57. The molecule has 1 aromatic rings. The zero-order valence-electron chi connectivity index (χ0n) is 9.52. The lowest BCUT2D eigenvalue weighted by atomic mass is 10.1. The number of nitrogens with zero attached hydrogens (tertiary/aromatic N) is 1. The van der Waals surface area contributed by atoms with E-state index in [1.54, 1.807) is 0 Å². The number of carboxylic acids is 1. The van der Waals surface area contributed by atoms with Gasteiger partial charge in [0.15, 0.2) is 0 Å². The third-order valence-electron chi connectivity index (χ3n) is 2.60. The van der Waals surface area contributed by atoms with Crippen molar-refractivity contribution in [2.75, 3.05) is 4.90 Å². The number of cyclic esters (lactones) is 1. The number of rotatable bonds is 2. The molecule has 1 fully saturated rings. The molecular formula is C11H7Cl2NO5. The molecule has 1 heterocycles. The van der Waals surface area contributed by atoms with Crippen molar-refractivity contribution in [3.8, 4) is 0 Å². The van der Waals surface area contributed by atoms with Crippen LogP contribution in [0.5, 0.6) is 0 Å². The van der Waals surface area contributed by atoms with Gasteiger partial charge in [0, 0.05) is 10.0 Å². The van der Waals surface area contributed by atoms with Gasteiger partial charge in [-0.05, 0) is 25.1 Å². The number of carbonyl (C=O) groups excluding carboxylic acids is 2. The second-order valence-electron chi connectivity index (χ2n) is 3.97. The standard InChI is InChI=1S/C11H7Cl2NO5/c1-11(9(16)17)8(15)14(10(18)19-11)7-3-5(12)2-6(13)4-7/h2-4H,1H3,(H,16,17)/t11-/m0/s1. The van der Waals surface area contributed by atoms with Crippen molar-refractivity contribution >= 4 is 46.9 Å². The second kappa shape index (κ2) is 4.40. The highest BCUT2D eigenvalue weighted by molar-refractivity contribution is 6.36. The molecule has 6 nitrogen and oxygen atoms in total. The molecule has 100 valence electrons. The number of benzene rings is 1. The summed E-state index contributed by atoms with van der Waals surface area (Å²) in [7, 11) is 0. The SMILES string of the molecule is C[C@]1(C(=O)O)OC(=O)N(c2cc(Cl)cc(Cl)c2)C1=O. The smallest absolute Gasteiger partial charge is 0.423 e. The van der Waals surface area contributed by atoms with Crippen molar-refractivity contribution in [2.45, 2.75) is 12.5 Å². The van der Waals surface area contributed by atoms with Gasteiger partial charge in [-0.2, -0.15) is 0 Å². The number of hydrogen-bond acceptors (Lipinski definition) is 4. The summed E-state index contributed by atoms with van der Waals surface area (Å²) < 4.78 is 4.62. The predicted molar refractivity (Wildman–Crippen MR) is 66.5 cm³/mol. The summed E-state index contributed by atoms with van der Waals surface area (Å²) in [6, 6.07) is 4.02. The number of imide groups is 1. The van der Waals surface area contributed by atoms with Gasteiger partial charge in [-0.1, -0.05) is 23.2 Å². The van der Waals surface area contributed by atoms with Gasteiger partial charge in [-0.25, -0.2) is 14.5 Å². The lowest BCUT2D eigenvalue weighted by Crippen LogP contribution is -2.45. The number of amides is 2. The summed E-state index contributed by atoms with van der Waals surface area (Å²) in [6.45, 7) is 1.00. The van der Waals surface area contributed by atoms with Crippen LogP contribution in [0.3, 0.4) is 0 Å². The average Bonchev–Trinajstić information content (AvgIpc) is 2.49. The maximum absolute atomic E-state index is 12.0. The molecule has 1 aliphatic rings. The zero-order chi connectivity index (χ0) is 14.4. The van der Waals surface area contributed by atoms with E-state index in [2.05, 4.69) is 4.74 Å². The monoisotopic (exact) mass is 303 g/mol. The van der Waals surface area contributed by atoms with Crippen molar-refractivity contribution in [1.82, 2.24) is 0 Å². The number of carbonyl (C=O) groups is 3. The van der Waals surface area contributed by atoms with E-state index in [1.807, 2.05) is 0 Å². The van der Waals surface area contributed by atoms with E-state index in [0.717, 1.165) is 6.92 Å². The summed E-state index contributed by atoms with van der Waals surface area (Å²) in [5, 5.41) is 9.36. The molecule has 0 spiro atoms. The largest absolute Gasteiger partial charge is 0.478 e. The van der Waals surface area contributed by atoms with E-state index in [9.17, 15) is 14.4 Å². The van der Waals surface area contributed by atoms with Gasteiger partial charge in [-0.3, -0.25) is 4.79 Å². The fourth-order valence-electron chi connectivity index (χ4n) is 1.59. The van der Waals surface area contributed by atoms with E-state index in [-0.39, 0.29) is 15.7 Å². The molecule has 0 aromatic heterocycles. The molecule has 0 saturated carbocycles. The normalized spacial score (nSPS) is 22.6. The predicted octanol–water partition coefficient (Wildman–Crippen LogP) is 2.32. The minimum atomic E-state index is -2.24. The second-order valence-corrected chi connectivity index (χ2v) is 4.85. The molecule has 1 aliphatic heterocycles. The molecule has 0 unspecified atom stereocenters. The van der Waals surface area contributed by atoms with Gasteiger partial charge < -0.3 is 9.84 Å². The quantitative estimate of drug-likeness (QED) is 0.848. The summed E-state index contributed by atoms with van der Waals surface area (Å²) in [5.74, 6) is -2.56. The van der Waals surface area contributed by atoms with Gasteiger partial charge >= 0.3 is 12.1 Å². The summed E-state index contributed by atoms with van der Waals surface area (Å²) in [4.78, 5) is 35.3. The number of carboxylic acid groups (broad SMARTS) is 1. The van der Waals surface area contributed by atoms with Crippen LogP contribution < -0.4 is 4.90 Å². The number of anilines is 1. The molecule has 0 bridgehead atoms. The Balaban J connectivity index is 2.49. The molecule has 19 heavy (non-hydrogen) atoms. The highest BCUT2D eigenvalue weighted by atomic mass is 35.5. The molecule has 2 amide bonds. The van der Waals surface area contributed by atoms with E-state index < -0.39 is 23.6 Å². The topological polar surface area (TPSA) is 83.9 Å². The Morgan fingerprint density at radius 1 is 1.26 bits per heavy atom. The molecule has 2 rings (SSSR count). The molecule has 0 radical (unpaired) electrons. The molecule has 1 saturated heterocycles. The van der Waals surface area contributed by atoms with Crippen LogP contribution in [0.1, 0.15) is 6.92 Å². The number of aliphatic carboxylic acids is 1. The first kappa shape index (κ1) is 13.6. The Morgan fingerprint density at radius 3 is 2.21 bits per heavy atom. The van der Waals surface area contributed by atoms with E-state index in [4.69, 9.17) is 28.3 Å². The number of halogens is 2. The Hall–Kier alpha value is -1.79. The maximum atomic E-state index is 12.0. The first-order valence-electron chi connectivity index (χ1n) is 5.03. The van der Waals surface area contributed by atoms with Gasteiger partial charge in [0.1, 0.15) is 0 Å². The fourth-order valence-corrected chi connectivity index (χ4v) is 2.10. The number of hydrogen-bond donors (Lipinski definition) is 1. The lowest BCUT2D eigenvalue weighted by molar-refractivity contribution is -0.158. The summed E-state index contributed by atoms with van der Waals surface area (Å²) in [6.07, 6.45) is -1.09. The highest BCUT2D eigenvalue weighted by Crippen LogP contribution is 2.32. The number of ether oxygens (including phenoxy) is 1. The van der Waals surface area contributed by atoms with Crippen molar-refractivity contribution in [1.29, 1.82) is 0 Å². The van der Waals surface area contributed by atoms with Crippen molar-refractivity contribution in [3.63, 3.8) is 0 Å². The fraction of sp³-hybridized carbons (Fsp3) is 0.182. The first-order chi connectivity index (χ1) is 8.75. The molecule has 8 heteroatoms. The van der Waals surface area contributed by atoms with Crippen LogP contribution in [0.4, 0.5) is 10.5 Å². The first-order valence-corrected chi connectivity index (χ1v) is 5.78. The van der Waals surface area contributed by atoms with Crippen LogP contribution in [0.15, 0.2) is 18.2 Å². The lowest BCUT2D eigenvalue weighted by Gasteiger charge is -2.14. The van der Waals surface area contributed by atoms with Gasteiger partial charge in [0.2, 0.25) is 0 Å². The molecule has 1 atom stereocenters. The van der Waals surface area contributed by atoms with E-state index in [1.165, 1.54) is 18.2 Å². The molecule has 1 N–H and O–H groups in total. The Morgan fingerprint density at radius 2 is 1.79 bits per heavy atom. The summed E-state index contributed by atoms with van der Waals surface area (Å²) >= 11 is 11.5. The molecule has 0 aliphatic carbocycles. The van der Waals surface area contributed by atoms with Crippen molar-refractivity contribution < 1.29 is 24.2 Å². The maximum Gasteiger partial charge on any atom is 0.423 e. The Bertz CT molecular complexity index is 582. The minimum absolute atomic E-state index is 0.0532. The van der Waals surface area contributed by atoms with E-state index in [0.29, 0.717) is 4.90 Å². The zero-order valence-corrected chi connectivity index (χ0v) is 11.0. The van der Waals surface area contributed by atoms with E-state index >= 15 is 0 Å². The molecular weight excluding hydrogens is 297 g/mol. The van der Waals surface area contributed by atoms with Gasteiger partial charge in [-0.15, -0.1) is 0 Å². The molecule has 1 aromatic carbocycles. The van der Waals surface area contributed by atoms with Gasteiger partial charge in [0.25, 0.3) is 11.5 Å². The van der Waals surface area contributed by atoms with Crippen LogP contribution >= 0.6 is 23.2 Å².